The Hall–Kier alpha value is -1.49. The highest BCUT2D eigenvalue weighted by Gasteiger charge is 2.06. The Labute approximate surface area is 111 Å². The van der Waals surface area contributed by atoms with E-state index >= 15 is 0 Å². The van der Waals surface area contributed by atoms with Crippen molar-refractivity contribution in [2.45, 2.75) is 12.8 Å². The monoisotopic (exact) mass is 263 g/mol. The standard InChI is InChI=1S/C13H17N3OS/c1-18-10-6-5-9-14-13-15-12(17-16-13)11-7-3-2-4-8-11/h2-4,7-8H,5-6,9-10H2,1H3,(H,14,16). The van der Waals surface area contributed by atoms with Crippen LogP contribution in [0.1, 0.15) is 12.8 Å². The van der Waals surface area contributed by atoms with Crippen LogP contribution in [0.15, 0.2) is 34.9 Å². The van der Waals surface area contributed by atoms with Crippen molar-refractivity contribution < 1.29 is 4.52 Å². The smallest absolute Gasteiger partial charge is 0.263 e. The molecule has 0 aliphatic carbocycles. The van der Waals surface area contributed by atoms with E-state index in [0.29, 0.717) is 11.8 Å². The summed E-state index contributed by atoms with van der Waals surface area (Å²) in [6, 6.07) is 9.78. The molecule has 5 heteroatoms. The largest absolute Gasteiger partial charge is 0.352 e. The molecule has 0 radical (unpaired) electrons. The first kappa shape index (κ1) is 13.0. The Morgan fingerprint density at radius 1 is 1.22 bits per heavy atom. The normalized spacial score (nSPS) is 10.5. The van der Waals surface area contributed by atoms with Crippen LogP contribution >= 0.6 is 11.8 Å². The van der Waals surface area contributed by atoms with Crippen LogP contribution in [-0.4, -0.2) is 28.7 Å². The summed E-state index contributed by atoms with van der Waals surface area (Å²) in [5, 5.41) is 7.08. The number of rotatable bonds is 7. The van der Waals surface area contributed by atoms with Gasteiger partial charge < -0.3 is 9.84 Å². The van der Waals surface area contributed by atoms with Crippen molar-refractivity contribution in [1.29, 1.82) is 0 Å². The molecule has 1 heterocycles. The van der Waals surface area contributed by atoms with Crippen molar-refractivity contribution >= 4 is 17.7 Å². The minimum Gasteiger partial charge on any atom is -0.352 e. The summed E-state index contributed by atoms with van der Waals surface area (Å²) in [7, 11) is 0. The highest BCUT2D eigenvalue weighted by Crippen LogP contribution is 2.17. The Kier molecular flexibility index (Phi) is 5.08. The maximum atomic E-state index is 5.20. The topological polar surface area (TPSA) is 51.0 Å². The average molecular weight is 263 g/mol. The third kappa shape index (κ3) is 3.77. The molecule has 0 amide bonds. The van der Waals surface area contributed by atoms with Gasteiger partial charge in [0.15, 0.2) is 0 Å². The van der Waals surface area contributed by atoms with Crippen molar-refractivity contribution in [3.63, 3.8) is 0 Å². The molecule has 0 bridgehead atoms. The lowest BCUT2D eigenvalue weighted by molar-refractivity contribution is 0.432. The van der Waals surface area contributed by atoms with E-state index < -0.39 is 0 Å². The van der Waals surface area contributed by atoms with Gasteiger partial charge in [-0.1, -0.05) is 18.2 Å². The van der Waals surface area contributed by atoms with Crippen LogP contribution in [0.2, 0.25) is 0 Å². The summed E-state index contributed by atoms with van der Waals surface area (Å²) >= 11 is 1.87. The minimum atomic E-state index is 0.558. The van der Waals surface area contributed by atoms with Crippen molar-refractivity contribution in [3.8, 4) is 11.5 Å². The molecule has 0 spiro atoms. The molecule has 1 N–H and O–H groups in total. The van der Waals surface area contributed by atoms with Crippen molar-refractivity contribution in [3.05, 3.63) is 30.3 Å². The third-order valence-corrected chi connectivity index (χ3v) is 3.20. The SMILES string of the molecule is CSCCCCNc1noc(-c2ccccc2)n1. The van der Waals surface area contributed by atoms with Gasteiger partial charge in [-0.05, 0) is 42.1 Å². The minimum absolute atomic E-state index is 0.558. The Morgan fingerprint density at radius 2 is 2.06 bits per heavy atom. The molecule has 4 nitrogen and oxygen atoms in total. The number of hydrogen-bond acceptors (Lipinski definition) is 5. The van der Waals surface area contributed by atoms with Crippen molar-refractivity contribution in [2.24, 2.45) is 0 Å². The number of hydrogen-bond donors (Lipinski definition) is 1. The number of thioether (sulfide) groups is 1. The number of unbranched alkanes of at least 4 members (excludes halogenated alkanes) is 1. The molecule has 0 saturated carbocycles. The molecule has 1 aromatic heterocycles. The first-order valence-electron chi connectivity index (χ1n) is 6.02. The van der Waals surface area contributed by atoms with E-state index in [1.165, 1.54) is 12.2 Å². The van der Waals surface area contributed by atoms with Gasteiger partial charge in [0.25, 0.3) is 11.8 Å². The van der Waals surface area contributed by atoms with Gasteiger partial charge in [0.2, 0.25) is 0 Å². The zero-order valence-corrected chi connectivity index (χ0v) is 11.2. The van der Waals surface area contributed by atoms with E-state index in [9.17, 15) is 0 Å². The summed E-state index contributed by atoms with van der Waals surface area (Å²) < 4.78 is 5.20. The quantitative estimate of drug-likeness (QED) is 0.777. The van der Waals surface area contributed by atoms with E-state index in [4.69, 9.17) is 4.52 Å². The highest BCUT2D eigenvalue weighted by molar-refractivity contribution is 7.98. The molecule has 96 valence electrons. The van der Waals surface area contributed by atoms with E-state index in [1.807, 2.05) is 42.1 Å². The molecule has 2 aromatic rings. The fourth-order valence-electron chi connectivity index (χ4n) is 1.56. The predicted octanol–water partition coefficient (Wildman–Crippen LogP) is 3.29. The molecule has 0 aliphatic heterocycles. The van der Waals surface area contributed by atoms with Gasteiger partial charge in [0.1, 0.15) is 0 Å². The van der Waals surface area contributed by atoms with Gasteiger partial charge in [-0.25, -0.2) is 0 Å². The second-order valence-electron chi connectivity index (χ2n) is 3.92. The fraction of sp³-hybridized carbons (Fsp3) is 0.385. The molecule has 1 aromatic carbocycles. The number of anilines is 1. The van der Waals surface area contributed by atoms with E-state index in [1.54, 1.807) is 0 Å². The molecule has 0 fully saturated rings. The maximum absolute atomic E-state index is 5.20. The molecule has 0 unspecified atom stereocenters. The number of benzene rings is 1. The highest BCUT2D eigenvalue weighted by atomic mass is 32.2. The van der Waals surface area contributed by atoms with Crippen LogP contribution in [0, 0.1) is 0 Å². The fourth-order valence-corrected chi connectivity index (χ4v) is 2.06. The molecule has 2 rings (SSSR count). The zero-order chi connectivity index (χ0) is 12.6. The van der Waals surface area contributed by atoms with Crippen LogP contribution in [0.3, 0.4) is 0 Å². The molecule has 18 heavy (non-hydrogen) atoms. The van der Waals surface area contributed by atoms with Crippen molar-refractivity contribution in [2.75, 3.05) is 23.9 Å². The second kappa shape index (κ2) is 7.06. The number of nitrogens with zero attached hydrogens (tertiary/aromatic N) is 2. The first-order valence-corrected chi connectivity index (χ1v) is 7.41. The summed E-state index contributed by atoms with van der Waals surface area (Å²) in [5.74, 6) is 2.32. The van der Waals surface area contributed by atoms with Gasteiger partial charge in [-0.2, -0.15) is 16.7 Å². The van der Waals surface area contributed by atoms with Crippen LogP contribution in [0.4, 0.5) is 5.95 Å². The van der Waals surface area contributed by atoms with Crippen LogP contribution in [0.5, 0.6) is 0 Å². The van der Waals surface area contributed by atoms with Crippen LogP contribution in [0.25, 0.3) is 11.5 Å². The van der Waals surface area contributed by atoms with E-state index in [2.05, 4.69) is 21.7 Å². The van der Waals surface area contributed by atoms with Gasteiger partial charge in [0, 0.05) is 12.1 Å². The number of nitrogens with one attached hydrogen (secondary N) is 1. The predicted molar refractivity (Wildman–Crippen MR) is 75.8 cm³/mol. The zero-order valence-electron chi connectivity index (χ0n) is 10.4. The summed E-state index contributed by atoms with van der Waals surface area (Å²) in [5.41, 5.74) is 0.945. The average Bonchev–Trinajstić information content (AvgIpc) is 2.88. The second-order valence-corrected chi connectivity index (χ2v) is 4.90. The molecule has 0 saturated heterocycles. The third-order valence-electron chi connectivity index (χ3n) is 2.51. The number of aromatic nitrogens is 2. The summed E-state index contributed by atoms with van der Waals surface area (Å²) in [6.45, 7) is 0.883. The molecule has 0 aliphatic rings. The Balaban J connectivity index is 1.83. The van der Waals surface area contributed by atoms with Gasteiger partial charge in [-0.3, -0.25) is 0 Å². The Morgan fingerprint density at radius 3 is 2.83 bits per heavy atom. The van der Waals surface area contributed by atoms with Gasteiger partial charge in [-0.15, -0.1) is 0 Å². The summed E-state index contributed by atoms with van der Waals surface area (Å²) in [4.78, 5) is 4.30. The Bertz CT molecular complexity index is 458. The first-order chi connectivity index (χ1) is 8.90. The molecular weight excluding hydrogens is 246 g/mol. The van der Waals surface area contributed by atoms with E-state index in [-0.39, 0.29) is 0 Å². The molecular formula is C13H17N3OS. The van der Waals surface area contributed by atoms with Crippen molar-refractivity contribution in [1.82, 2.24) is 10.1 Å². The molecule has 0 atom stereocenters. The van der Waals surface area contributed by atoms with Gasteiger partial charge in [0.05, 0.1) is 0 Å². The lowest BCUT2D eigenvalue weighted by Gasteiger charge is -1.99. The van der Waals surface area contributed by atoms with Crippen LogP contribution in [-0.2, 0) is 0 Å². The lowest BCUT2D eigenvalue weighted by Crippen LogP contribution is -2.03. The lowest BCUT2D eigenvalue weighted by atomic mass is 10.2. The van der Waals surface area contributed by atoms with Gasteiger partial charge >= 0.3 is 0 Å². The van der Waals surface area contributed by atoms with E-state index in [0.717, 1.165) is 18.5 Å². The van der Waals surface area contributed by atoms with Crippen LogP contribution < -0.4 is 5.32 Å². The summed E-state index contributed by atoms with van der Waals surface area (Å²) in [6.07, 6.45) is 4.45. The maximum Gasteiger partial charge on any atom is 0.263 e.